The third-order valence-corrected chi connectivity index (χ3v) is 5.84. The molecule has 1 aromatic carbocycles. The highest BCUT2D eigenvalue weighted by Crippen LogP contribution is 2.28. The zero-order chi connectivity index (χ0) is 20.3. The monoisotopic (exact) mass is 405 g/mol. The van der Waals surface area contributed by atoms with Crippen LogP contribution in [0.4, 0.5) is 4.39 Å². The van der Waals surface area contributed by atoms with Gasteiger partial charge in [-0.3, -0.25) is 9.59 Å². The predicted octanol–water partition coefficient (Wildman–Crippen LogP) is 2.14. The third-order valence-electron chi connectivity index (χ3n) is 4.65. The molecule has 2 N–H and O–H groups in total. The lowest BCUT2D eigenvalue weighted by atomic mass is 9.96. The van der Waals surface area contributed by atoms with E-state index in [4.69, 9.17) is 10.5 Å². The van der Waals surface area contributed by atoms with Crippen molar-refractivity contribution in [3.63, 3.8) is 0 Å². The van der Waals surface area contributed by atoms with Crippen LogP contribution in [0, 0.1) is 18.7 Å². The van der Waals surface area contributed by atoms with Crippen LogP contribution in [0.3, 0.4) is 0 Å². The van der Waals surface area contributed by atoms with Gasteiger partial charge in [0, 0.05) is 24.6 Å². The Morgan fingerprint density at radius 3 is 2.50 bits per heavy atom. The van der Waals surface area contributed by atoms with Crippen LogP contribution in [-0.4, -0.2) is 47.4 Å². The van der Waals surface area contributed by atoms with Crippen LogP contribution in [-0.2, 0) is 14.3 Å². The first kappa shape index (κ1) is 19.9. The van der Waals surface area contributed by atoms with Crippen molar-refractivity contribution in [1.82, 2.24) is 9.88 Å². The smallest absolute Gasteiger partial charge is 0.350 e. The van der Waals surface area contributed by atoms with Gasteiger partial charge >= 0.3 is 5.97 Å². The maximum absolute atomic E-state index is 13.1. The summed E-state index contributed by atoms with van der Waals surface area (Å²) in [4.78, 5) is 42.0. The summed E-state index contributed by atoms with van der Waals surface area (Å²) < 4.78 is 18.2. The summed E-state index contributed by atoms with van der Waals surface area (Å²) >= 11 is 1.13. The highest BCUT2D eigenvalue weighted by Gasteiger charge is 2.27. The molecule has 3 rings (SSSR count). The molecule has 1 aromatic heterocycles. The molecule has 0 radical (unpaired) electrons. The fraction of sp³-hybridized carbons (Fsp3) is 0.368. The van der Waals surface area contributed by atoms with Crippen LogP contribution in [0.2, 0.25) is 0 Å². The Labute approximate surface area is 165 Å². The molecule has 0 aliphatic carbocycles. The van der Waals surface area contributed by atoms with Crippen molar-refractivity contribution in [2.75, 3.05) is 19.7 Å². The van der Waals surface area contributed by atoms with Gasteiger partial charge in [-0.15, -0.1) is 11.3 Å². The average Bonchev–Trinajstić information content (AvgIpc) is 3.08. The molecule has 0 saturated carbocycles. The maximum atomic E-state index is 13.1. The van der Waals surface area contributed by atoms with Gasteiger partial charge < -0.3 is 15.4 Å². The largest absolute Gasteiger partial charge is 0.451 e. The molecule has 1 saturated heterocycles. The van der Waals surface area contributed by atoms with Crippen molar-refractivity contribution in [1.29, 1.82) is 0 Å². The number of thiazole rings is 1. The number of rotatable bonds is 5. The molecule has 0 unspecified atom stereocenters. The molecule has 2 heterocycles. The van der Waals surface area contributed by atoms with Crippen LogP contribution in [0.25, 0.3) is 10.6 Å². The minimum absolute atomic E-state index is 0.212. The fourth-order valence-electron chi connectivity index (χ4n) is 3.00. The summed E-state index contributed by atoms with van der Waals surface area (Å²) in [5.41, 5.74) is 6.47. The van der Waals surface area contributed by atoms with Gasteiger partial charge in [0.2, 0.25) is 5.91 Å². The molecule has 2 aromatic rings. The Morgan fingerprint density at radius 2 is 1.89 bits per heavy atom. The van der Waals surface area contributed by atoms with Gasteiger partial charge in [0.1, 0.15) is 15.7 Å². The minimum Gasteiger partial charge on any atom is -0.451 e. The van der Waals surface area contributed by atoms with Gasteiger partial charge in [-0.25, -0.2) is 14.2 Å². The highest BCUT2D eigenvalue weighted by molar-refractivity contribution is 7.17. The molecular formula is C19H20FN3O4S. The van der Waals surface area contributed by atoms with Gasteiger partial charge in [0.15, 0.2) is 6.61 Å². The summed E-state index contributed by atoms with van der Waals surface area (Å²) in [5.74, 6) is -1.84. The number of hydrogen-bond donors (Lipinski definition) is 1. The average molecular weight is 405 g/mol. The molecule has 9 heteroatoms. The number of benzene rings is 1. The number of piperidine rings is 1. The van der Waals surface area contributed by atoms with Crippen molar-refractivity contribution in [3.8, 4) is 10.6 Å². The second-order valence-electron chi connectivity index (χ2n) is 6.57. The minimum atomic E-state index is -0.622. The van der Waals surface area contributed by atoms with E-state index >= 15 is 0 Å². The SMILES string of the molecule is Cc1nc(-c2ccc(F)cc2)sc1C(=O)OCC(=O)N1CCC(C(N)=O)CC1. The third kappa shape index (κ3) is 4.53. The van der Waals surface area contributed by atoms with Crippen LogP contribution < -0.4 is 5.73 Å². The van der Waals surface area contributed by atoms with E-state index in [0.717, 1.165) is 11.3 Å². The number of carbonyl (C=O) groups excluding carboxylic acids is 3. The Balaban J connectivity index is 1.57. The van der Waals surface area contributed by atoms with Gasteiger partial charge in [0.25, 0.3) is 5.91 Å². The van der Waals surface area contributed by atoms with Crippen molar-refractivity contribution in [2.24, 2.45) is 11.7 Å². The highest BCUT2D eigenvalue weighted by atomic mass is 32.1. The van der Waals surface area contributed by atoms with Crippen LogP contribution in [0.1, 0.15) is 28.2 Å². The molecule has 1 aliphatic rings. The quantitative estimate of drug-likeness (QED) is 0.768. The summed E-state index contributed by atoms with van der Waals surface area (Å²) in [5, 5.41) is 0.573. The molecule has 28 heavy (non-hydrogen) atoms. The topological polar surface area (TPSA) is 103 Å². The van der Waals surface area contributed by atoms with E-state index in [1.807, 2.05) is 0 Å². The summed E-state index contributed by atoms with van der Waals surface area (Å²) in [6.45, 7) is 2.14. The van der Waals surface area contributed by atoms with Crippen molar-refractivity contribution >= 4 is 29.1 Å². The number of halogens is 1. The first-order valence-electron chi connectivity index (χ1n) is 8.82. The van der Waals surface area contributed by atoms with E-state index in [9.17, 15) is 18.8 Å². The van der Waals surface area contributed by atoms with Crippen LogP contribution >= 0.6 is 11.3 Å². The predicted molar refractivity (Wildman–Crippen MR) is 101 cm³/mol. The van der Waals surface area contributed by atoms with E-state index in [1.165, 1.54) is 12.1 Å². The fourth-order valence-corrected chi connectivity index (χ4v) is 3.96. The first-order chi connectivity index (χ1) is 13.3. The second-order valence-corrected chi connectivity index (χ2v) is 7.57. The normalized spacial score (nSPS) is 14.7. The molecule has 0 spiro atoms. The van der Waals surface area contributed by atoms with Crippen molar-refractivity contribution in [3.05, 3.63) is 40.7 Å². The number of amides is 2. The summed E-state index contributed by atoms with van der Waals surface area (Å²) in [6.07, 6.45) is 1.04. The molecular weight excluding hydrogens is 385 g/mol. The summed E-state index contributed by atoms with van der Waals surface area (Å²) in [7, 11) is 0. The summed E-state index contributed by atoms with van der Waals surface area (Å²) in [6, 6.07) is 5.82. The molecule has 1 fully saturated rings. The molecule has 148 valence electrons. The van der Waals surface area contributed by atoms with Crippen LogP contribution in [0.15, 0.2) is 24.3 Å². The van der Waals surface area contributed by atoms with Gasteiger partial charge in [-0.05, 0) is 44.0 Å². The lowest BCUT2D eigenvalue weighted by Crippen LogP contribution is -2.43. The number of aromatic nitrogens is 1. The van der Waals surface area contributed by atoms with Gasteiger partial charge in [-0.2, -0.15) is 0 Å². The lowest BCUT2D eigenvalue weighted by molar-refractivity contribution is -0.137. The van der Waals surface area contributed by atoms with E-state index in [0.29, 0.717) is 47.1 Å². The Bertz CT molecular complexity index is 889. The molecule has 0 atom stereocenters. The van der Waals surface area contributed by atoms with E-state index in [1.54, 1.807) is 24.0 Å². The number of hydrogen-bond acceptors (Lipinski definition) is 6. The molecule has 1 aliphatic heterocycles. The molecule has 7 nitrogen and oxygen atoms in total. The van der Waals surface area contributed by atoms with Crippen molar-refractivity contribution in [2.45, 2.75) is 19.8 Å². The number of primary amides is 1. The van der Waals surface area contributed by atoms with E-state index in [-0.39, 0.29) is 30.2 Å². The first-order valence-corrected chi connectivity index (χ1v) is 9.64. The van der Waals surface area contributed by atoms with Gasteiger partial charge in [0.05, 0.1) is 5.69 Å². The maximum Gasteiger partial charge on any atom is 0.350 e. The number of aryl methyl sites for hydroxylation is 1. The number of likely N-dealkylation sites (tertiary alicyclic amines) is 1. The number of carbonyl (C=O) groups is 3. The second kappa shape index (κ2) is 8.47. The zero-order valence-electron chi connectivity index (χ0n) is 15.3. The number of nitrogens with two attached hydrogens (primary N) is 1. The van der Waals surface area contributed by atoms with E-state index < -0.39 is 5.97 Å². The lowest BCUT2D eigenvalue weighted by Gasteiger charge is -2.30. The standard InChI is InChI=1S/C19H20FN3O4S/c1-11-16(28-18(22-11)13-2-4-14(20)5-3-13)19(26)27-10-15(24)23-8-6-12(7-9-23)17(21)25/h2-5,12H,6-10H2,1H3,(H2,21,25). The number of esters is 1. The van der Waals surface area contributed by atoms with Crippen molar-refractivity contribution < 1.29 is 23.5 Å². The Morgan fingerprint density at radius 1 is 1.25 bits per heavy atom. The number of ether oxygens (including phenoxy) is 1. The Hall–Kier alpha value is -2.81. The van der Waals surface area contributed by atoms with Gasteiger partial charge in [-0.1, -0.05) is 0 Å². The van der Waals surface area contributed by atoms with E-state index in [2.05, 4.69) is 4.98 Å². The number of nitrogens with zero attached hydrogens (tertiary/aromatic N) is 2. The Kier molecular flexibility index (Phi) is 6.03. The molecule has 2 amide bonds. The zero-order valence-corrected chi connectivity index (χ0v) is 16.1. The van der Waals surface area contributed by atoms with Crippen LogP contribution in [0.5, 0.6) is 0 Å². The molecule has 0 bridgehead atoms.